The first-order valence-corrected chi connectivity index (χ1v) is 6.60. The summed E-state index contributed by atoms with van der Waals surface area (Å²) in [6, 6.07) is 0. The zero-order valence-corrected chi connectivity index (χ0v) is 11.4. The lowest BCUT2D eigenvalue weighted by Crippen LogP contribution is -2.33. The molecule has 100 valence electrons. The Morgan fingerprint density at radius 1 is 1.47 bits per heavy atom. The second-order valence-corrected chi connectivity index (χ2v) is 5.16. The predicted octanol–water partition coefficient (Wildman–Crippen LogP) is 1.12. The van der Waals surface area contributed by atoms with Gasteiger partial charge in [-0.15, -0.1) is 0 Å². The van der Waals surface area contributed by atoms with Crippen molar-refractivity contribution in [1.82, 2.24) is 10.2 Å². The molecule has 1 aliphatic rings. The van der Waals surface area contributed by atoms with Crippen molar-refractivity contribution < 1.29 is 9.53 Å². The van der Waals surface area contributed by atoms with E-state index in [0.29, 0.717) is 0 Å². The Hall–Kier alpha value is -0.610. The fraction of sp³-hybridized carbons (Fsp3) is 0.923. The van der Waals surface area contributed by atoms with E-state index in [1.54, 1.807) is 0 Å². The Morgan fingerprint density at radius 3 is 2.71 bits per heavy atom. The summed E-state index contributed by atoms with van der Waals surface area (Å²) in [6.07, 6.45) is 3.84. The van der Waals surface area contributed by atoms with Gasteiger partial charge in [-0.2, -0.15) is 0 Å². The first kappa shape index (κ1) is 14.5. The Kier molecular flexibility index (Phi) is 6.52. The highest BCUT2D eigenvalue weighted by Gasteiger charge is 2.16. The molecule has 4 heteroatoms. The van der Waals surface area contributed by atoms with Crippen LogP contribution in [0.15, 0.2) is 0 Å². The largest absolute Gasteiger partial charge is 0.469 e. The third kappa shape index (κ3) is 5.50. The molecule has 0 amide bonds. The van der Waals surface area contributed by atoms with Crippen molar-refractivity contribution in [2.45, 2.75) is 26.2 Å². The van der Waals surface area contributed by atoms with E-state index in [4.69, 9.17) is 0 Å². The maximum absolute atomic E-state index is 11.2. The standard InChI is InChI=1S/C13H26N2O2/c1-11(13(16)17-3)10-14-7-4-12-5-8-15(2)9-6-12/h11-12,14H,4-10H2,1-3H3. The molecule has 1 unspecified atom stereocenters. The lowest BCUT2D eigenvalue weighted by molar-refractivity contribution is -0.144. The van der Waals surface area contributed by atoms with Crippen LogP contribution in [0.5, 0.6) is 0 Å². The summed E-state index contributed by atoms with van der Waals surface area (Å²) in [5.74, 6) is 0.682. The Labute approximate surface area is 105 Å². The third-order valence-corrected chi connectivity index (χ3v) is 3.62. The SMILES string of the molecule is COC(=O)C(C)CNCCC1CCN(C)CC1. The molecule has 1 N–H and O–H groups in total. The third-order valence-electron chi connectivity index (χ3n) is 3.62. The molecule has 1 rings (SSSR count). The van der Waals surface area contributed by atoms with Crippen LogP contribution in [0.4, 0.5) is 0 Å². The number of hydrogen-bond acceptors (Lipinski definition) is 4. The van der Waals surface area contributed by atoms with Crippen molar-refractivity contribution in [3.63, 3.8) is 0 Å². The topological polar surface area (TPSA) is 41.6 Å². The Morgan fingerprint density at radius 2 is 2.12 bits per heavy atom. The van der Waals surface area contributed by atoms with Crippen LogP contribution in [0.1, 0.15) is 26.2 Å². The monoisotopic (exact) mass is 242 g/mol. The molecular weight excluding hydrogens is 216 g/mol. The van der Waals surface area contributed by atoms with Crippen molar-refractivity contribution in [3.05, 3.63) is 0 Å². The van der Waals surface area contributed by atoms with Gasteiger partial charge in [0, 0.05) is 6.54 Å². The van der Waals surface area contributed by atoms with Crippen molar-refractivity contribution >= 4 is 5.97 Å². The molecule has 1 atom stereocenters. The molecule has 0 aliphatic carbocycles. The number of likely N-dealkylation sites (tertiary alicyclic amines) is 1. The molecule has 0 bridgehead atoms. The second-order valence-electron chi connectivity index (χ2n) is 5.16. The minimum Gasteiger partial charge on any atom is -0.469 e. The fourth-order valence-corrected chi connectivity index (χ4v) is 2.26. The quantitative estimate of drug-likeness (QED) is 0.560. The molecule has 0 aromatic carbocycles. The lowest BCUT2D eigenvalue weighted by Gasteiger charge is -2.29. The van der Waals surface area contributed by atoms with Crippen molar-refractivity contribution in [2.24, 2.45) is 11.8 Å². The molecular formula is C13H26N2O2. The van der Waals surface area contributed by atoms with E-state index in [0.717, 1.165) is 19.0 Å². The second kappa shape index (κ2) is 7.67. The maximum atomic E-state index is 11.2. The molecule has 1 saturated heterocycles. The maximum Gasteiger partial charge on any atom is 0.309 e. The number of methoxy groups -OCH3 is 1. The number of rotatable bonds is 6. The summed E-state index contributed by atoms with van der Waals surface area (Å²) in [4.78, 5) is 13.6. The highest BCUT2D eigenvalue weighted by Crippen LogP contribution is 2.18. The number of piperidine rings is 1. The molecule has 1 fully saturated rings. The molecule has 0 aromatic rings. The number of nitrogens with zero attached hydrogens (tertiary/aromatic N) is 1. The molecule has 1 heterocycles. The van der Waals surface area contributed by atoms with Gasteiger partial charge in [0.2, 0.25) is 0 Å². The fourth-order valence-electron chi connectivity index (χ4n) is 2.26. The van der Waals surface area contributed by atoms with E-state index < -0.39 is 0 Å². The van der Waals surface area contributed by atoms with Crippen LogP contribution in [0, 0.1) is 11.8 Å². The average Bonchev–Trinajstić information content (AvgIpc) is 2.35. The molecule has 0 saturated carbocycles. The van der Waals surface area contributed by atoms with Crippen molar-refractivity contribution in [2.75, 3.05) is 40.3 Å². The summed E-state index contributed by atoms with van der Waals surface area (Å²) in [6.45, 7) is 6.08. The Balaban J connectivity index is 2.02. The smallest absolute Gasteiger partial charge is 0.309 e. The number of ether oxygens (including phenoxy) is 1. The zero-order valence-electron chi connectivity index (χ0n) is 11.4. The summed E-state index contributed by atoms with van der Waals surface area (Å²) >= 11 is 0. The molecule has 0 aromatic heterocycles. The molecule has 0 spiro atoms. The van der Waals surface area contributed by atoms with Gasteiger partial charge in [-0.25, -0.2) is 0 Å². The van der Waals surface area contributed by atoms with Gasteiger partial charge in [-0.1, -0.05) is 6.92 Å². The predicted molar refractivity (Wildman–Crippen MR) is 68.9 cm³/mol. The average molecular weight is 242 g/mol. The number of carbonyl (C=O) groups excluding carboxylic acids is 1. The van der Waals surface area contributed by atoms with Crippen LogP contribution in [0.2, 0.25) is 0 Å². The van der Waals surface area contributed by atoms with Gasteiger partial charge >= 0.3 is 5.97 Å². The van der Waals surface area contributed by atoms with E-state index in [-0.39, 0.29) is 11.9 Å². The van der Waals surface area contributed by atoms with E-state index in [1.807, 2.05) is 6.92 Å². The molecule has 0 radical (unpaired) electrons. The van der Waals surface area contributed by atoms with Crippen LogP contribution in [0.3, 0.4) is 0 Å². The van der Waals surface area contributed by atoms with E-state index in [9.17, 15) is 4.79 Å². The lowest BCUT2D eigenvalue weighted by atomic mass is 9.94. The van der Waals surface area contributed by atoms with Gasteiger partial charge in [-0.05, 0) is 51.9 Å². The summed E-state index contributed by atoms with van der Waals surface area (Å²) in [5, 5.41) is 3.34. The number of esters is 1. The van der Waals surface area contributed by atoms with Crippen LogP contribution < -0.4 is 5.32 Å². The van der Waals surface area contributed by atoms with Gasteiger partial charge < -0.3 is 15.0 Å². The van der Waals surface area contributed by atoms with E-state index in [1.165, 1.54) is 39.5 Å². The van der Waals surface area contributed by atoms with Crippen molar-refractivity contribution in [3.8, 4) is 0 Å². The number of carbonyl (C=O) groups is 1. The Bertz CT molecular complexity index is 225. The molecule has 4 nitrogen and oxygen atoms in total. The first-order chi connectivity index (χ1) is 8.13. The van der Waals surface area contributed by atoms with Gasteiger partial charge in [-0.3, -0.25) is 4.79 Å². The molecule has 17 heavy (non-hydrogen) atoms. The van der Waals surface area contributed by atoms with Gasteiger partial charge in [0.15, 0.2) is 0 Å². The zero-order chi connectivity index (χ0) is 12.7. The van der Waals surface area contributed by atoms with Crippen LogP contribution in [-0.2, 0) is 9.53 Å². The van der Waals surface area contributed by atoms with E-state index in [2.05, 4.69) is 22.0 Å². The number of nitrogens with one attached hydrogen (secondary N) is 1. The van der Waals surface area contributed by atoms with Crippen LogP contribution >= 0.6 is 0 Å². The summed E-state index contributed by atoms with van der Waals surface area (Å²) in [5.41, 5.74) is 0. The van der Waals surface area contributed by atoms with Gasteiger partial charge in [0.25, 0.3) is 0 Å². The number of hydrogen-bond donors (Lipinski definition) is 1. The van der Waals surface area contributed by atoms with Crippen LogP contribution in [0.25, 0.3) is 0 Å². The highest BCUT2D eigenvalue weighted by molar-refractivity contribution is 5.71. The minimum atomic E-state index is -0.128. The van der Waals surface area contributed by atoms with Crippen molar-refractivity contribution in [1.29, 1.82) is 0 Å². The molecule has 1 aliphatic heterocycles. The van der Waals surface area contributed by atoms with Crippen LogP contribution in [-0.4, -0.2) is 51.2 Å². The summed E-state index contributed by atoms with van der Waals surface area (Å²) < 4.78 is 4.69. The highest BCUT2D eigenvalue weighted by atomic mass is 16.5. The first-order valence-electron chi connectivity index (χ1n) is 6.60. The summed E-state index contributed by atoms with van der Waals surface area (Å²) in [7, 11) is 3.63. The van der Waals surface area contributed by atoms with E-state index >= 15 is 0 Å². The normalized spacial score (nSPS) is 20.2. The van der Waals surface area contributed by atoms with Gasteiger partial charge in [0.05, 0.1) is 13.0 Å². The minimum absolute atomic E-state index is 0.0440. The van der Waals surface area contributed by atoms with Gasteiger partial charge in [0.1, 0.15) is 0 Å².